The molecule has 0 aromatic carbocycles. The molecule has 2 N–H and O–H groups in total. The molecule has 0 radical (unpaired) electrons. The zero-order chi connectivity index (χ0) is 15.0. The molecule has 1 aliphatic heterocycles. The van der Waals surface area contributed by atoms with E-state index >= 15 is 0 Å². The number of esters is 2. The van der Waals surface area contributed by atoms with Gasteiger partial charge in [0.05, 0.1) is 13.2 Å². The van der Waals surface area contributed by atoms with E-state index < -0.39 is 17.5 Å². The summed E-state index contributed by atoms with van der Waals surface area (Å²) in [4.78, 5) is 23.7. The van der Waals surface area contributed by atoms with Crippen LogP contribution >= 0.6 is 0 Å². The number of ether oxygens (including phenoxy) is 2. The van der Waals surface area contributed by atoms with Crippen LogP contribution in [0.2, 0.25) is 0 Å². The number of hydrogen-bond donors (Lipinski definition) is 2. The quantitative estimate of drug-likeness (QED) is 0.531. The molecule has 116 valence electrons. The minimum atomic E-state index is -2.19. The maximum Gasteiger partial charge on any atom is 0.350 e. The van der Waals surface area contributed by atoms with Gasteiger partial charge in [0.25, 0.3) is 5.60 Å². The Hall–Kier alpha value is -1.14. The van der Waals surface area contributed by atoms with Gasteiger partial charge >= 0.3 is 11.9 Å². The van der Waals surface area contributed by atoms with Crippen molar-refractivity contribution >= 4 is 11.9 Å². The highest BCUT2D eigenvalue weighted by Crippen LogP contribution is 2.21. The lowest BCUT2D eigenvalue weighted by Gasteiger charge is -2.28. The van der Waals surface area contributed by atoms with Gasteiger partial charge in [0, 0.05) is 6.04 Å². The van der Waals surface area contributed by atoms with Gasteiger partial charge in [-0.05, 0) is 46.1 Å². The monoisotopic (exact) mass is 287 g/mol. The van der Waals surface area contributed by atoms with Crippen LogP contribution in [0, 0.1) is 0 Å². The average molecular weight is 287 g/mol. The molecule has 0 spiro atoms. The highest BCUT2D eigenvalue weighted by molar-refractivity contribution is 6.03. The van der Waals surface area contributed by atoms with Crippen molar-refractivity contribution < 1.29 is 24.2 Å². The predicted octanol–water partition coefficient (Wildman–Crippen LogP) is 0.766. The second-order valence-electron chi connectivity index (χ2n) is 4.99. The van der Waals surface area contributed by atoms with Gasteiger partial charge in [0.2, 0.25) is 0 Å². The average Bonchev–Trinajstić information content (AvgIpc) is 2.46. The van der Waals surface area contributed by atoms with E-state index in [9.17, 15) is 14.7 Å². The maximum absolute atomic E-state index is 11.9. The van der Waals surface area contributed by atoms with Crippen LogP contribution in [0.4, 0.5) is 0 Å². The molecule has 1 heterocycles. The summed E-state index contributed by atoms with van der Waals surface area (Å²) in [5.74, 6) is -1.84. The Balaban J connectivity index is 2.65. The number of carbonyl (C=O) groups is 2. The van der Waals surface area contributed by atoms with Crippen molar-refractivity contribution in [3.8, 4) is 0 Å². The molecular formula is C14H25NO5. The minimum Gasteiger partial charge on any atom is -0.463 e. The summed E-state index contributed by atoms with van der Waals surface area (Å²) in [6.45, 7) is 4.42. The van der Waals surface area contributed by atoms with Crippen molar-refractivity contribution in [1.29, 1.82) is 0 Å². The summed E-state index contributed by atoms with van der Waals surface area (Å²) in [5.41, 5.74) is -2.19. The maximum atomic E-state index is 11.9. The second kappa shape index (κ2) is 8.21. The van der Waals surface area contributed by atoms with Crippen LogP contribution in [-0.2, 0) is 19.1 Å². The van der Waals surface area contributed by atoms with Crippen LogP contribution in [-0.4, -0.2) is 48.4 Å². The number of rotatable bonds is 7. The zero-order valence-corrected chi connectivity index (χ0v) is 12.3. The van der Waals surface area contributed by atoms with E-state index in [1.807, 2.05) is 0 Å². The molecule has 1 rings (SSSR count). The van der Waals surface area contributed by atoms with E-state index in [0.29, 0.717) is 6.42 Å². The second-order valence-corrected chi connectivity index (χ2v) is 4.99. The SMILES string of the molecule is CCOC(=O)C(O)(CC[C@@H]1CCCCN1)C(=O)OCC. The van der Waals surface area contributed by atoms with Gasteiger partial charge in [-0.25, -0.2) is 9.59 Å². The summed E-state index contributed by atoms with van der Waals surface area (Å²) in [5, 5.41) is 13.7. The van der Waals surface area contributed by atoms with Gasteiger partial charge in [-0.3, -0.25) is 0 Å². The third-order valence-corrected chi connectivity index (χ3v) is 3.49. The molecule has 1 aliphatic rings. The van der Waals surface area contributed by atoms with Crippen LogP contribution in [0.5, 0.6) is 0 Å². The normalized spacial score (nSPS) is 19.4. The first kappa shape index (κ1) is 16.9. The largest absolute Gasteiger partial charge is 0.463 e. The highest BCUT2D eigenvalue weighted by atomic mass is 16.6. The van der Waals surface area contributed by atoms with E-state index in [4.69, 9.17) is 9.47 Å². The summed E-state index contributed by atoms with van der Waals surface area (Å²) in [7, 11) is 0. The van der Waals surface area contributed by atoms with E-state index in [1.165, 1.54) is 0 Å². The van der Waals surface area contributed by atoms with E-state index in [-0.39, 0.29) is 25.7 Å². The van der Waals surface area contributed by atoms with E-state index in [0.717, 1.165) is 25.8 Å². The summed E-state index contributed by atoms with van der Waals surface area (Å²) >= 11 is 0. The molecule has 1 saturated heterocycles. The van der Waals surface area contributed by atoms with Gasteiger partial charge in [-0.15, -0.1) is 0 Å². The number of aliphatic hydroxyl groups is 1. The Morgan fingerprint density at radius 1 is 1.20 bits per heavy atom. The molecule has 0 aromatic rings. The molecule has 20 heavy (non-hydrogen) atoms. The van der Waals surface area contributed by atoms with E-state index in [1.54, 1.807) is 13.8 Å². The summed E-state index contributed by atoms with van der Waals surface area (Å²) in [6.07, 6.45) is 3.80. The molecule has 0 amide bonds. The fourth-order valence-corrected chi connectivity index (χ4v) is 2.34. The lowest BCUT2D eigenvalue weighted by molar-refractivity contribution is -0.184. The first-order valence-electron chi connectivity index (χ1n) is 7.34. The van der Waals surface area contributed by atoms with Gasteiger partial charge in [-0.2, -0.15) is 0 Å². The molecule has 6 heteroatoms. The molecule has 0 aliphatic carbocycles. The van der Waals surface area contributed by atoms with Gasteiger partial charge in [0.15, 0.2) is 0 Å². The molecule has 1 atom stereocenters. The third kappa shape index (κ3) is 4.45. The molecule has 0 bridgehead atoms. The first-order chi connectivity index (χ1) is 9.54. The van der Waals surface area contributed by atoms with Crippen LogP contribution < -0.4 is 5.32 Å². The van der Waals surface area contributed by atoms with E-state index in [2.05, 4.69) is 5.32 Å². The van der Waals surface area contributed by atoms with Gasteiger partial charge in [0.1, 0.15) is 0 Å². The molecule has 0 unspecified atom stereocenters. The van der Waals surface area contributed by atoms with Crippen LogP contribution in [0.1, 0.15) is 46.0 Å². The van der Waals surface area contributed by atoms with Crippen molar-refractivity contribution in [3.63, 3.8) is 0 Å². The Kier molecular flexibility index (Phi) is 6.95. The third-order valence-electron chi connectivity index (χ3n) is 3.49. The highest BCUT2D eigenvalue weighted by Gasteiger charge is 2.47. The molecule has 1 fully saturated rings. The molecule has 0 saturated carbocycles. The number of nitrogens with one attached hydrogen (secondary N) is 1. The Labute approximate surface area is 119 Å². The summed E-state index contributed by atoms with van der Waals surface area (Å²) in [6, 6.07) is 0.221. The van der Waals surface area contributed by atoms with Crippen molar-refractivity contribution in [1.82, 2.24) is 5.32 Å². The molecule has 0 aromatic heterocycles. The minimum absolute atomic E-state index is 0.0162. The van der Waals surface area contributed by atoms with Crippen molar-refractivity contribution in [2.24, 2.45) is 0 Å². The topological polar surface area (TPSA) is 84.9 Å². The van der Waals surface area contributed by atoms with Crippen LogP contribution in [0.25, 0.3) is 0 Å². The number of hydrogen-bond acceptors (Lipinski definition) is 6. The molecular weight excluding hydrogens is 262 g/mol. The summed E-state index contributed by atoms with van der Waals surface area (Å²) < 4.78 is 9.61. The number of piperidine rings is 1. The zero-order valence-electron chi connectivity index (χ0n) is 12.3. The van der Waals surface area contributed by atoms with Crippen molar-refractivity contribution in [2.45, 2.75) is 57.6 Å². The fraction of sp³-hybridized carbons (Fsp3) is 0.857. The lowest BCUT2D eigenvalue weighted by atomic mass is 9.92. The van der Waals surface area contributed by atoms with Crippen molar-refractivity contribution in [3.05, 3.63) is 0 Å². The lowest BCUT2D eigenvalue weighted by Crippen LogP contribution is -2.50. The smallest absolute Gasteiger partial charge is 0.350 e. The Morgan fingerprint density at radius 2 is 1.80 bits per heavy atom. The fourth-order valence-electron chi connectivity index (χ4n) is 2.34. The van der Waals surface area contributed by atoms with Gasteiger partial charge < -0.3 is 19.9 Å². The Bertz CT molecular complexity index is 308. The van der Waals surface area contributed by atoms with Crippen LogP contribution in [0.15, 0.2) is 0 Å². The van der Waals surface area contributed by atoms with Gasteiger partial charge in [-0.1, -0.05) is 6.42 Å². The van der Waals surface area contributed by atoms with Crippen molar-refractivity contribution in [2.75, 3.05) is 19.8 Å². The Morgan fingerprint density at radius 3 is 2.25 bits per heavy atom. The number of carbonyl (C=O) groups excluding carboxylic acids is 2. The molecule has 6 nitrogen and oxygen atoms in total. The van der Waals surface area contributed by atoms with Crippen LogP contribution in [0.3, 0.4) is 0 Å². The standard InChI is InChI=1S/C14H25NO5/c1-3-19-12(16)14(18,13(17)20-4-2)9-8-11-7-5-6-10-15-11/h11,15,18H,3-10H2,1-2H3/t11-/m0/s1. The predicted molar refractivity (Wildman–Crippen MR) is 73.1 cm³/mol. The first-order valence-corrected chi connectivity index (χ1v) is 7.34.